The van der Waals surface area contributed by atoms with E-state index in [1.165, 1.54) is 10.9 Å². The van der Waals surface area contributed by atoms with Crippen LogP contribution in [0, 0.1) is 0 Å². The molecule has 0 aliphatic rings. The third-order valence-corrected chi connectivity index (χ3v) is 8.59. The third-order valence-electron chi connectivity index (χ3n) is 8.59. The van der Waals surface area contributed by atoms with Gasteiger partial charge in [-0.1, -0.05) is 127 Å². The number of rotatable bonds is 4. The number of fused-ring (bicyclic) bond motifs is 6. The molecule has 6 aromatic carbocycles. The molecule has 210 valence electrons. The van der Waals surface area contributed by atoms with Crippen molar-refractivity contribution in [1.82, 2.24) is 19.4 Å². The van der Waals surface area contributed by atoms with E-state index in [1.807, 2.05) is 30.3 Å². The van der Waals surface area contributed by atoms with Crippen molar-refractivity contribution in [2.75, 3.05) is 0 Å². The van der Waals surface area contributed by atoms with Gasteiger partial charge in [0.25, 0.3) is 0 Å². The predicted octanol–water partition coefficient (Wildman–Crippen LogP) is 10.3. The van der Waals surface area contributed by atoms with Crippen LogP contribution < -0.4 is 0 Å². The highest BCUT2D eigenvalue weighted by atomic mass is 14.9. The maximum atomic E-state index is 5.13. The van der Waals surface area contributed by atoms with Gasteiger partial charge in [0, 0.05) is 27.5 Å². The van der Waals surface area contributed by atoms with Crippen LogP contribution in [-0.2, 0) is 0 Å². The van der Waals surface area contributed by atoms with Crippen molar-refractivity contribution in [3.05, 3.63) is 158 Å². The van der Waals surface area contributed by atoms with Crippen molar-refractivity contribution in [2.24, 2.45) is 0 Å². The van der Waals surface area contributed by atoms with Crippen LogP contribution in [0.5, 0.6) is 0 Å². The van der Waals surface area contributed by atoms with Crippen molar-refractivity contribution in [3.8, 4) is 45.0 Å². The number of benzene rings is 6. The fraction of sp³-hybridized carbons (Fsp3) is 0. The second-order valence-electron chi connectivity index (χ2n) is 11.3. The number of hydrogen-bond acceptors (Lipinski definition) is 3. The lowest BCUT2D eigenvalue weighted by Crippen LogP contribution is -1.95. The van der Waals surface area contributed by atoms with Gasteiger partial charge >= 0.3 is 0 Å². The van der Waals surface area contributed by atoms with E-state index in [-0.39, 0.29) is 0 Å². The van der Waals surface area contributed by atoms with E-state index in [0.717, 1.165) is 72.5 Å². The Morgan fingerprint density at radius 3 is 1.71 bits per heavy atom. The van der Waals surface area contributed by atoms with E-state index < -0.39 is 0 Å². The molecule has 9 rings (SSSR count). The second kappa shape index (κ2) is 10.2. The molecule has 0 aliphatic carbocycles. The highest BCUT2D eigenvalue weighted by molar-refractivity contribution is 5.99. The minimum Gasteiger partial charge on any atom is -0.306 e. The first-order valence-electron chi connectivity index (χ1n) is 15.1. The smallest absolute Gasteiger partial charge is 0.160 e. The van der Waals surface area contributed by atoms with Crippen molar-refractivity contribution in [1.29, 1.82) is 0 Å². The quantitative estimate of drug-likeness (QED) is 0.210. The standard InChI is InChI=1S/C41H26N4/c1-2-10-29(11-3-1)39-33-13-5-6-14-34(33)43-41(44-39)31-24-20-28(21-25-31)27-18-22-30(23-19-27)40-38-26-32-12-4-8-16-36(32)45(38)37-17-9-7-15-35(37)42-40/h1-26H. The van der Waals surface area contributed by atoms with Gasteiger partial charge < -0.3 is 4.40 Å². The molecule has 0 N–H and O–H groups in total. The first-order valence-corrected chi connectivity index (χ1v) is 15.1. The molecule has 0 amide bonds. The predicted molar refractivity (Wildman–Crippen MR) is 185 cm³/mol. The average Bonchev–Trinajstić information content (AvgIpc) is 3.51. The van der Waals surface area contributed by atoms with E-state index in [1.54, 1.807) is 0 Å². The highest BCUT2D eigenvalue weighted by Gasteiger charge is 2.15. The molecule has 0 fully saturated rings. The normalized spacial score (nSPS) is 11.6. The second-order valence-corrected chi connectivity index (χ2v) is 11.3. The highest BCUT2D eigenvalue weighted by Crippen LogP contribution is 2.34. The number of para-hydroxylation sites is 4. The summed E-state index contributed by atoms with van der Waals surface area (Å²) in [6, 6.07) is 54.9. The Kier molecular flexibility index (Phi) is 5.78. The summed E-state index contributed by atoms with van der Waals surface area (Å²) in [7, 11) is 0. The Balaban J connectivity index is 1.09. The number of nitrogens with zero attached hydrogens (tertiary/aromatic N) is 4. The van der Waals surface area contributed by atoms with Crippen molar-refractivity contribution >= 4 is 38.4 Å². The number of hydrogen-bond donors (Lipinski definition) is 0. The van der Waals surface area contributed by atoms with Crippen LogP contribution >= 0.6 is 0 Å². The summed E-state index contributed by atoms with van der Waals surface area (Å²) in [4.78, 5) is 15.1. The molecule has 4 heteroatoms. The van der Waals surface area contributed by atoms with Gasteiger partial charge in [0.1, 0.15) is 0 Å². The summed E-state index contributed by atoms with van der Waals surface area (Å²) in [5.41, 5.74) is 12.7. The van der Waals surface area contributed by atoms with E-state index in [2.05, 4.69) is 132 Å². The Labute approximate surface area is 259 Å². The van der Waals surface area contributed by atoms with Crippen LogP contribution in [-0.4, -0.2) is 19.4 Å². The van der Waals surface area contributed by atoms with Gasteiger partial charge in [0.15, 0.2) is 5.82 Å². The molecule has 0 spiro atoms. The van der Waals surface area contributed by atoms with E-state index in [0.29, 0.717) is 0 Å². The van der Waals surface area contributed by atoms with Gasteiger partial charge in [-0.2, -0.15) is 0 Å². The van der Waals surface area contributed by atoms with E-state index in [4.69, 9.17) is 15.0 Å². The Morgan fingerprint density at radius 1 is 0.356 bits per heavy atom. The fourth-order valence-electron chi connectivity index (χ4n) is 6.38. The summed E-state index contributed by atoms with van der Waals surface area (Å²) < 4.78 is 2.33. The zero-order chi connectivity index (χ0) is 29.7. The van der Waals surface area contributed by atoms with Crippen LogP contribution in [0.1, 0.15) is 0 Å². The largest absolute Gasteiger partial charge is 0.306 e. The first-order chi connectivity index (χ1) is 22.3. The zero-order valence-corrected chi connectivity index (χ0v) is 24.3. The topological polar surface area (TPSA) is 43.1 Å². The third kappa shape index (κ3) is 4.27. The van der Waals surface area contributed by atoms with Crippen LogP contribution in [0.4, 0.5) is 0 Å². The van der Waals surface area contributed by atoms with E-state index >= 15 is 0 Å². The molecule has 0 saturated carbocycles. The molecule has 0 bridgehead atoms. The van der Waals surface area contributed by atoms with E-state index in [9.17, 15) is 0 Å². The fourth-order valence-corrected chi connectivity index (χ4v) is 6.38. The summed E-state index contributed by atoms with van der Waals surface area (Å²) in [5.74, 6) is 0.723. The lowest BCUT2D eigenvalue weighted by Gasteiger charge is -2.11. The van der Waals surface area contributed by atoms with Gasteiger partial charge in [0.05, 0.1) is 39.0 Å². The lowest BCUT2D eigenvalue weighted by atomic mass is 10.0. The molecular formula is C41H26N4. The molecule has 3 heterocycles. The average molecular weight is 575 g/mol. The minimum atomic E-state index is 0.723. The van der Waals surface area contributed by atoms with Crippen molar-refractivity contribution < 1.29 is 0 Å². The molecule has 0 unspecified atom stereocenters. The number of aromatic nitrogens is 4. The molecule has 0 saturated heterocycles. The van der Waals surface area contributed by atoms with Gasteiger partial charge in [-0.15, -0.1) is 0 Å². The Hall–Kier alpha value is -6.13. The molecule has 4 nitrogen and oxygen atoms in total. The van der Waals surface area contributed by atoms with Gasteiger partial charge in [-0.3, -0.25) is 0 Å². The van der Waals surface area contributed by atoms with Gasteiger partial charge in [0.2, 0.25) is 0 Å². The molecule has 0 aliphatic heterocycles. The maximum absolute atomic E-state index is 5.13. The zero-order valence-electron chi connectivity index (χ0n) is 24.3. The molecule has 0 atom stereocenters. The summed E-state index contributed by atoms with van der Waals surface area (Å²) in [6.07, 6.45) is 0. The SMILES string of the molecule is c1ccc(-c2nc(-c3ccc(-c4ccc(-c5nc6ccccc6n6c5cc5ccccc56)cc4)cc3)nc3ccccc23)cc1. The molecule has 9 aromatic rings. The van der Waals surface area contributed by atoms with Crippen LogP contribution in [0.25, 0.3) is 83.4 Å². The van der Waals surface area contributed by atoms with Crippen LogP contribution in [0.3, 0.4) is 0 Å². The molecule has 3 aromatic heterocycles. The Bertz CT molecular complexity index is 2510. The lowest BCUT2D eigenvalue weighted by molar-refractivity contribution is 1.23. The van der Waals surface area contributed by atoms with Crippen LogP contribution in [0.15, 0.2) is 158 Å². The summed E-state index contributed by atoms with van der Waals surface area (Å²) >= 11 is 0. The summed E-state index contributed by atoms with van der Waals surface area (Å²) in [5, 5.41) is 2.26. The van der Waals surface area contributed by atoms with Crippen molar-refractivity contribution in [3.63, 3.8) is 0 Å². The molecular weight excluding hydrogens is 548 g/mol. The van der Waals surface area contributed by atoms with Crippen LogP contribution in [0.2, 0.25) is 0 Å². The monoisotopic (exact) mass is 574 g/mol. The van der Waals surface area contributed by atoms with Crippen molar-refractivity contribution in [2.45, 2.75) is 0 Å². The summed E-state index contributed by atoms with van der Waals surface area (Å²) in [6.45, 7) is 0. The minimum absolute atomic E-state index is 0.723. The van der Waals surface area contributed by atoms with Gasteiger partial charge in [-0.25, -0.2) is 15.0 Å². The maximum Gasteiger partial charge on any atom is 0.160 e. The van der Waals surface area contributed by atoms with Gasteiger partial charge in [-0.05, 0) is 41.5 Å². The molecule has 45 heavy (non-hydrogen) atoms. The molecule has 0 radical (unpaired) electrons. The Morgan fingerprint density at radius 2 is 0.933 bits per heavy atom. The first kappa shape index (κ1) is 25.4.